The van der Waals surface area contributed by atoms with Gasteiger partial charge in [0.1, 0.15) is 5.54 Å². The third kappa shape index (κ3) is 4.52. The lowest BCUT2D eigenvalue weighted by molar-refractivity contribution is -0.135. The second kappa shape index (κ2) is 9.73. The minimum absolute atomic E-state index is 0.0256. The number of aromatic nitrogens is 2. The average molecular weight is 498 g/mol. The van der Waals surface area contributed by atoms with E-state index < -0.39 is 5.54 Å². The van der Waals surface area contributed by atoms with Crippen molar-refractivity contribution in [2.45, 2.75) is 43.4 Å². The molecule has 3 aliphatic heterocycles. The van der Waals surface area contributed by atoms with Gasteiger partial charge in [0.15, 0.2) is 16.7 Å². The Morgan fingerprint density at radius 3 is 2.66 bits per heavy atom. The van der Waals surface area contributed by atoms with E-state index in [1.54, 1.807) is 30.6 Å². The summed E-state index contributed by atoms with van der Waals surface area (Å²) in [5.41, 5.74) is -0.153. The van der Waals surface area contributed by atoms with Gasteiger partial charge in [-0.3, -0.25) is 14.5 Å². The zero-order valence-electron chi connectivity index (χ0n) is 19.4. The van der Waals surface area contributed by atoms with Crippen molar-refractivity contribution in [3.63, 3.8) is 0 Å². The van der Waals surface area contributed by atoms with Gasteiger partial charge in [0.05, 0.1) is 12.3 Å². The number of piperidine rings is 1. The summed E-state index contributed by atoms with van der Waals surface area (Å²) < 4.78 is 10.8. The summed E-state index contributed by atoms with van der Waals surface area (Å²) in [5, 5.41) is 3.58. The van der Waals surface area contributed by atoms with Crippen molar-refractivity contribution < 1.29 is 23.9 Å². The van der Waals surface area contributed by atoms with Crippen molar-refractivity contribution >= 4 is 29.6 Å². The summed E-state index contributed by atoms with van der Waals surface area (Å²) >= 11 is 1.31. The second-order valence-corrected chi connectivity index (χ2v) is 9.75. The van der Waals surface area contributed by atoms with Crippen LogP contribution in [0.3, 0.4) is 0 Å². The minimum atomic E-state index is -0.949. The van der Waals surface area contributed by atoms with Crippen molar-refractivity contribution in [3.8, 4) is 11.5 Å². The van der Waals surface area contributed by atoms with Crippen LogP contribution in [0, 0.1) is 5.92 Å². The van der Waals surface area contributed by atoms with Crippen LogP contribution in [0.15, 0.2) is 41.8 Å². The number of nitrogens with zero attached hydrogens (tertiary/aromatic N) is 4. The normalized spacial score (nSPS) is 22.0. The first-order valence-electron chi connectivity index (χ1n) is 11.7. The van der Waals surface area contributed by atoms with E-state index in [4.69, 9.17) is 9.47 Å². The first-order chi connectivity index (χ1) is 17.0. The molecule has 2 saturated heterocycles. The molecular weight excluding hydrogens is 470 g/mol. The molecule has 2 aromatic rings. The Bertz CT molecular complexity index is 1120. The second-order valence-electron chi connectivity index (χ2n) is 8.81. The quantitative estimate of drug-likeness (QED) is 0.353. The number of ether oxygens (including phenoxy) is 2. The molecule has 1 unspecified atom stereocenters. The molecule has 10 nitrogen and oxygen atoms in total. The molecule has 184 valence electrons. The largest absolute Gasteiger partial charge is 0.454 e. The van der Waals surface area contributed by atoms with Crippen LogP contribution in [-0.4, -0.2) is 68.8 Å². The van der Waals surface area contributed by atoms with E-state index in [1.165, 1.54) is 16.7 Å². The van der Waals surface area contributed by atoms with Crippen molar-refractivity contribution in [1.29, 1.82) is 0 Å². The van der Waals surface area contributed by atoms with Gasteiger partial charge in [0, 0.05) is 25.5 Å². The predicted octanol–water partition coefficient (Wildman–Crippen LogP) is 2.44. The smallest absolute Gasteiger partial charge is 0.325 e. The van der Waals surface area contributed by atoms with Gasteiger partial charge in [-0.25, -0.2) is 14.8 Å². The van der Waals surface area contributed by atoms with Crippen molar-refractivity contribution in [2.75, 3.05) is 25.6 Å². The highest BCUT2D eigenvalue weighted by molar-refractivity contribution is 7.99. The number of amides is 4. The molecule has 1 aromatic heterocycles. The van der Waals surface area contributed by atoms with Gasteiger partial charge in [-0.15, -0.1) is 0 Å². The Labute approximate surface area is 207 Å². The van der Waals surface area contributed by atoms with Crippen LogP contribution in [0.1, 0.15) is 31.7 Å². The molecule has 4 heterocycles. The Morgan fingerprint density at radius 1 is 1.17 bits per heavy atom. The lowest BCUT2D eigenvalue weighted by Crippen LogP contribution is -2.56. The highest BCUT2D eigenvalue weighted by Gasteiger charge is 2.54. The van der Waals surface area contributed by atoms with Gasteiger partial charge in [0.25, 0.3) is 5.91 Å². The van der Waals surface area contributed by atoms with E-state index in [9.17, 15) is 14.4 Å². The van der Waals surface area contributed by atoms with Crippen molar-refractivity contribution in [3.05, 3.63) is 42.2 Å². The number of carbonyl (C=O) groups is 3. The topological polar surface area (TPSA) is 114 Å². The lowest BCUT2D eigenvalue weighted by atomic mass is 9.75. The van der Waals surface area contributed by atoms with Gasteiger partial charge in [-0.2, -0.15) is 0 Å². The molecule has 1 aromatic carbocycles. The fourth-order valence-corrected chi connectivity index (χ4v) is 5.72. The summed E-state index contributed by atoms with van der Waals surface area (Å²) in [6.45, 7) is 3.36. The van der Waals surface area contributed by atoms with Gasteiger partial charge in [-0.1, -0.05) is 24.8 Å². The fourth-order valence-electron chi connectivity index (χ4n) is 5.01. The molecule has 11 heteroatoms. The van der Waals surface area contributed by atoms with Crippen LogP contribution >= 0.6 is 11.8 Å². The molecule has 0 aliphatic carbocycles. The Kier molecular flexibility index (Phi) is 6.50. The lowest BCUT2D eigenvalue weighted by Gasteiger charge is -2.40. The van der Waals surface area contributed by atoms with Crippen LogP contribution < -0.4 is 14.8 Å². The molecule has 2 fully saturated rings. The molecule has 1 N–H and O–H groups in total. The standard InChI is InChI=1S/C24H27N5O5S/c1-2-24(17-6-10-28(11-7-17)20(30)14-35-22-25-8-3-9-26-22)21(31)29(23(32)27-24)13-16-4-5-18-19(12-16)34-15-33-18/h3-5,8-9,12,17H,2,6-7,10-11,13-15H2,1H3,(H,27,32). The Hall–Kier alpha value is -3.34. The number of imide groups is 1. The molecule has 0 spiro atoms. The van der Waals surface area contributed by atoms with E-state index >= 15 is 0 Å². The molecule has 35 heavy (non-hydrogen) atoms. The number of hydrogen-bond donors (Lipinski definition) is 1. The van der Waals surface area contributed by atoms with Crippen LogP contribution in [0.4, 0.5) is 4.79 Å². The fraction of sp³-hybridized carbons (Fsp3) is 0.458. The molecule has 0 saturated carbocycles. The summed E-state index contributed by atoms with van der Waals surface area (Å²) in [6, 6.07) is 6.78. The number of likely N-dealkylation sites (tertiary alicyclic amines) is 1. The van der Waals surface area contributed by atoms with Gasteiger partial charge in [0.2, 0.25) is 12.7 Å². The highest BCUT2D eigenvalue weighted by atomic mass is 32.2. The molecule has 3 aliphatic rings. The third-order valence-corrected chi connectivity index (χ3v) is 7.81. The average Bonchev–Trinajstić information content (AvgIpc) is 3.46. The zero-order chi connectivity index (χ0) is 24.4. The van der Waals surface area contributed by atoms with Crippen molar-refractivity contribution in [2.24, 2.45) is 5.92 Å². The monoisotopic (exact) mass is 497 g/mol. The first kappa shape index (κ1) is 23.4. The van der Waals surface area contributed by atoms with E-state index in [0.29, 0.717) is 49.0 Å². The number of hydrogen-bond acceptors (Lipinski definition) is 8. The maximum absolute atomic E-state index is 13.6. The van der Waals surface area contributed by atoms with Crippen molar-refractivity contribution in [1.82, 2.24) is 25.1 Å². The molecule has 0 radical (unpaired) electrons. The van der Waals surface area contributed by atoms with Gasteiger partial charge in [-0.05, 0) is 48.9 Å². The van der Waals surface area contributed by atoms with E-state index in [0.717, 1.165) is 5.56 Å². The van der Waals surface area contributed by atoms with Gasteiger partial charge >= 0.3 is 6.03 Å². The minimum Gasteiger partial charge on any atom is -0.454 e. The maximum Gasteiger partial charge on any atom is 0.325 e. The van der Waals surface area contributed by atoms with E-state index in [1.807, 2.05) is 17.9 Å². The third-order valence-electron chi connectivity index (χ3n) is 6.95. The van der Waals surface area contributed by atoms with E-state index in [2.05, 4.69) is 15.3 Å². The summed E-state index contributed by atoms with van der Waals surface area (Å²) in [5.74, 6) is 1.32. The van der Waals surface area contributed by atoms with Crippen LogP contribution in [-0.2, 0) is 16.1 Å². The molecule has 0 bridgehead atoms. The molecule has 1 atom stereocenters. The molecule has 5 rings (SSSR count). The maximum atomic E-state index is 13.6. The Balaban J connectivity index is 1.21. The van der Waals surface area contributed by atoms with Crippen LogP contribution in [0.2, 0.25) is 0 Å². The molecular formula is C24H27N5O5S. The number of thioether (sulfide) groups is 1. The summed E-state index contributed by atoms with van der Waals surface area (Å²) in [7, 11) is 0. The predicted molar refractivity (Wildman–Crippen MR) is 127 cm³/mol. The summed E-state index contributed by atoms with van der Waals surface area (Å²) in [6.07, 6.45) is 5.09. The number of rotatable bonds is 7. The van der Waals surface area contributed by atoms with E-state index in [-0.39, 0.29) is 42.9 Å². The summed E-state index contributed by atoms with van der Waals surface area (Å²) in [4.78, 5) is 50.5. The Morgan fingerprint density at radius 2 is 1.91 bits per heavy atom. The zero-order valence-corrected chi connectivity index (χ0v) is 20.3. The number of urea groups is 1. The number of fused-ring (bicyclic) bond motifs is 1. The molecule has 4 amide bonds. The number of benzene rings is 1. The van der Waals surface area contributed by atoms with Gasteiger partial charge < -0.3 is 19.7 Å². The number of carbonyl (C=O) groups excluding carboxylic acids is 3. The SMILES string of the molecule is CCC1(C2CCN(C(=O)CSc3ncccn3)CC2)NC(=O)N(Cc2ccc3c(c2)OCO3)C1=O. The first-order valence-corrected chi connectivity index (χ1v) is 12.7. The highest BCUT2D eigenvalue weighted by Crippen LogP contribution is 2.38. The van der Waals surface area contributed by atoms with Crippen LogP contribution in [0.25, 0.3) is 0 Å². The number of nitrogens with one attached hydrogen (secondary N) is 1. The van der Waals surface area contributed by atoms with Crippen LogP contribution in [0.5, 0.6) is 11.5 Å².